The molecule has 4 atom stereocenters. The minimum atomic E-state index is 0.00349. The van der Waals surface area contributed by atoms with Crippen molar-refractivity contribution in [3.63, 3.8) is 0 Å². The van der Waals surface area contributed by atoms with Gasteiger partial charge in [0.2, 0.25) is 0 Å². The molecule has 122 valence electrons. The molecule has 1 amide bonds. The fourth-order valence-corrected chi connectivity index (χ4v) is 4.73. The monoisotopic (exact) mass is 312 g/mol. The number of nitrogens with one attached hydrogen (secondary N) is 1. The van der Waals surface area contributed by atoms with Crippen molar-refractivity contribution in [1.82, 2.24) is 20.1 Å². The molecule has 0 spiro atoms. The van der Waals surface area contributed by atoms with Crippen LogP contribution in [0, 0.1) is 24.7 Å². The van der Waals surface area contributed by atoms with Gasteiger partial charge in [0.15, 0.2) is 5.65 Å². The van der Waals surface area contributed by atoms with Crippen molar-refractivity contribution in [1.29, 1.82) is 0 Å². The third kappa shape index (κ3) is 2.42. The van der Waals surface area contributed by atoms with Crippen LogP contribution in [0.3, 0.4) is 0 Å². The van der Waals surface area contributed by atoms with Crippen molar-refractivity contribution < 1.29 is 4.79 Å². The highest BCUT2D eigenvalue weighted by Crippen LogP contribution is 2.49. The van der Waals surface area contributed by atoms with E-state index in [4.69, 9.17) is 0 Å². The lowest BCUT2D eigenvalue weighted by Crippen LogP contribution is -2.40. The molecule has 2 bridgehead atoms. The van der Waals surface area contributed by atoms with Crippen LogP contribution in [0.25, 0.3) is 11.0 Å². The summed E-state index contributed by atoms with van der Waals surface area (Å²) in [7, 11) is 1.86. The molecule has 2 saturated carbocycles. The summed E-state index contributed by atoms with van der Waals surface area (Å²) < 4.78 is 1.72. The highest BCUT2D eigenvalue weighted by Gasteiger charge is 2.42. The second-order valence-corrected chi connectivity index (χ2v) is 7.42. The van der Waals surface area contributed by atoms with Crippen LogP contribution in [0.4, 0.5) is 0 Å². The van der Waals surface area contributed by atoms with Crippen LogP contribution in [-0.4, -0.2) is 26.7 Å². The second-order valence-electron chi connectivity index (χ2n) is 7.42. The van der Waals surface area contributed by atoms with Gasteiger partial charge in [0.05, 0.1) is 17.1 Å². The average Bonchev–Trinajstić information content (AvgIpc) is 3.23. The molecule has 4 unspecified atom stereocenters. The van der Waals surface area contributed by atoms with Gasteiger partial charge in [0, 0.05) is 18.8 Å². The highest BCUT2D eigenvalue weighted by molar-refractivity contribution is 6.05. The van der Waals surface area contributed by atoms with E-state index in [0.29, 0.717) is 11.5 Å². The number of carbonyl (C=O) groups is 1. The topological polar surface area (TPSA) is 59.8 Å². The Morgan fingerprint density at radius 3 is 2.91 bits per heavy atom. The third-order valence-corrected chi connectivity index (χ3v) is 5.87. The zero-order chi connectivity index (χ0) is 16.1. The Morgan fingerprint density at radius 1 is 1.39 bits per heavy atom. The fourth-order valence-electron chi connectivity index (χ4n) is 4.73. The normalized spacial score (nSPS) is 27.5. The van der Waals surface area contributed by atoms with Gasteiger partial charge in [-0.3, -0.25) is 9.48 Å². The van der Waals surface area contributed by atoms with Crippen LogP contribution in [-0.2, 0) is 7.05 Å². The van der Waals surface area contributed by atoms with Crippen molar-refractivity contribution >= 4 is 16.9 Å². The maximum Gasteiger partial charge on any atom is 0.252 e. The first kappa shape index (κ1) is 14.7. The Hall–Kier alpha value is -1.91. The first-order chi connectivity index (χ1) is 11.0. The number of rotatable bonds is 3. The largest absolute Gasteiger partial charge is 0.349 e. The molecule has 2 aliphatic rings. The van der Waals surface area contributed by atoms with Gasteiger partial charge in [-0.2, -0.15) is 5.10 Å². The number of hydrogen-bond acceptors (Lipinski definition) is 3. The second kappa shape index (κ2) is 5.32. The van der Waals surface area contributed by atoms with Crippen molar-refractivity contribution in [2.75, 3.05) is 0 Å². The van der Waals surface area contributed by atoms with Crippen LogP contribution in [0.1, 0.15) is 48.7 Å². The molecule has 4 rings (SSSR count). The molecule has 1 N–H and O–H groups in total. The zero-order valence-corrected chi connectivity index (χ0v) is 14.0. The number of amides is 1. The van der Waals surface area contributed by atoms with Crippen molar-refractivity contribution in [3.05, 3.63) is 23.5 Å². The molecule has 0 saturated heterocycles. The van der Waals surface area contributed by atoms with Crippen LogP contribution < -0.4 is 5.32 Å². The maximum absolute atomic E-state index is 12.8. The summed E-state index contributed by atoms with van der Waals surface area (Å²) in [5.74, 6) is 2.36. The minimum Gasteiger partial charge on any atom is -0.349 e. The predicted octanol–water partition coefficient (Wildman–Crippen LogP) is 2.83. The number of pyridine rings is 1. The van der Waals surface area contributed by atoms with E-state index in [-0.39, 0.29) is 11.9 Å². The van der Waals surface area contributed by atoms with E-state index in [2.05, 4.69) is 22.3 Å². The number of carbonyl (C=O) groups excluding carboxylic acids is 1. The van der Waals surface area contributed by atoms with E-state index in [0.717, 1.165) is 28.6 Å². The molecular formula is C18H24N4O. The summed E-state index contributed by atoms with van der Waals surface area (Å²) in [5.41, 5.74) is 2.30. The number of hydrogen-bond donors (Lipinski definition) is 1. The summed E-state index contributed by atoms with van der Waals surface area (Å²) in [5, 5.41) is 8.32. The van der Waals surface area contributed by atoms with E-state index in [1.807, 2.05) is 20.0 Å². The fraction of sp³-hybridized carbons (Fsp3) is 0.611. The molecule has 0 radical (unpaired) electrons. The quantitative estimate of drug-likeness (QED) is 0.948. The summed E-state index contributed by atoms with van der Waals surface area (Å²) in [6, 6.07) is 2.10. The summed E-state index contributed by atoms with van der Waals surface area (Å²) in [6.45, 7) is 4.08. The lowest BCUT2D eigenvalue weighted by atomic mass is 9.84. The molecule has 2 aromatic heterocycles. The molecule has 2 heterocycles. The molecule has 23 heavy (non-hydrogen) atoms. The zero-order valence-electron chi connectivity index (χ0n) is 14.0. The van der Waals surface area contributed by atoms with Gasteiger partial charge in [-0.05, 0) is 56.9 Å². The van der Waals surface area contributed by atoms with Gasteiger partial charge in [-0.15, -0.1) is 0 Å². The molecule has 2 aliphatic carbocycles. The smallest absolute Gasteiger partial charge is 0.252 e. The van der Waals surface area contributed by atoms with Crippen molar-refractivity contribution in [2.24, 2.45) is 24.8 Å². The third-order valence-electron chi connectivity index (χ3n) is 5.87. The first-order valence-electron chi connectivity index (χ1n) is 8.63. The van der Waals surface area contributed by atoms with Crippen molar-refractivity contribution in [2.45, 2.75) is 45.6 Å². The molecule has 0 aromatic carbocycles. The maximum atomic E-state index is 12.8. The number of fused-ring (bicyclic) bond motifs is 3. The van der Waals surface area contributed by atoms with E-state index in [1.165, 1.54) is 25.7 Å². The van der Waals surface area contributed by atoms with Crippen LogP contribution in [0.15, 0.2) is 12.3 Å². The molecule has 2 aromatic rings. The molecular weight excluding hydrogens is 288 g/mol. The molecule has 5 heteroatoms. The van der Waals surface area contributed by atoms with Crippen LogP contribution in [0.2, 0.25) is 0 Å². The first-order valence-corrected chi connectivity index (χ1v) is 8.63. The lowest BCUT2D eigenvalue weighted by molar-refractivity contribution is 0.0917. The minimum absolute atomic E-state index is 0.00349. The predicted molar refractivity (Wildman–Crippen MR) is 89.1 cm³/mol. The summed E-state index contributed by atoms with van der Waals surface area (Å²) in [6.07, 6.45) is 7.12. The average molecular weight is 312 g/mol. The summed E-state index contributed by atoms with van der Waals surface area (Å²) >= 11 is 0. The Kier molecular flexibility index (Phi) is 3.39. The van der Waals surface area contributed by atoms with Gasteiger partial charge >= 0.3 is 0 Å². The molecule has 0 aliphatic heterocycles. The lowest BCUT2D eigenvalue weighted by Gasteiger charge is -2.28. The Morgan fingerprint density at radius 2 is 2.22 bits per heavy atom. The van der Waals surface area contributed by atoms with E-state index in [9.17, 15) is 4.79 Å². The number of aryl methyl sites for hydroxylation is 2. The van der Waals surface area contributed by atoms with Gasteiger partial charge in [0.1, 0.15) is 0 Å². The van der Waals surface area contributed by atoms with E-state index >= 15 is 0 Å². The highest BCUT2D eigenvalue weighted by atomic mass is 16.1. The van der Waals surface area contributed by atoms with Crippen LogP contribution >= 0.6 is 0 Å². The summed E-state index contributed by atoms with van der Waals surface area (Å²) in [4.78, 5) is 17.3. The van der Waals surface area contributed by atoms with Gasteiger partial charge in [-0.25, -0.2) is 4.98 Å². The standard InChI is InChI=1S/C18H24N4O/c1-10-6-15(16-9-19-22(3)17(16)20-10)18(23)21-11(2)14-8-12-4-5-13(14)7-12/h6,9,11-14H,4-5,7-8H2,1-3H3,(H,21,23). The Labute approximate surface area is 136 Å². The van der Waals surface area contributed by atoms with Gasteiger partial charge < -0.3 is 5.32 Å². The number of aromatic nitrogens is 3. The molecule has 2 fully saturated rings. The van der Waals surface area contributed by atoms with Gasteiger partial charge in [0.25, 0.3) is 5.91 Å². The Bertz CT molecular complexity index is 766. The SMILES string of the molecule is Cc1cc(C(=O)NC(C)C2CC3CCC2C3)c2cnn(C)c2n1. The molecule has 5 nitrogen and oxygen atoms in total. The van der Waals surface area contributed by atoms with E-state index < -0.39 is 0 Å². The number of nitrogens with zero attached hydrogens (tertiary/aromatic N) is 3. The van der Waals surface area contributed by atoms with Crippen LogP contribution in [0.5, 0.6) is 0 Å². The Balaban J connectivity index is 1.57. The van der Waals surface area contributed by atoms with E-state index in [1.54, 1.807) is 10.9 Å². The van der Waals surface area contributed by atoms with Gasteiger partial charge in [-0.1, -0.05) is 6.42 Å². The van der Waals surface area contributed by atoms with Crippen molar-refractivity contribution in [3.8, 4) is 0 Å².